The van der Waals surface area contributed by atoms with E-state index in [-0.39, 0.29) is 0 Å². The lowest BCUT2D eigenvalue weighted by Gasteiger charge is -2.40. The molecule has 0 amide bonds. The van der Waals surface area contributed by atoms with Gasteiger partial charge in [0.25, 0.3) is 0 Å². The van der Waals surface area contributed by atoms with Crippen LogP contribution in [0.1, 0.15) is 12.8 Å². The molecule has 3 unspecified atom stereocenters. The Hall–Kier alpha value is -0.340. The summed E-state index contributed by atoms with van der Waals surface area (Å²) in [5.41, 5.74) is 0. The van der Waals surface area contributed by atoms with Gasteiger partial charge in [-0.25, -0.2) is 0 Å². The minimum Gasteiger partial charge on any atom is -0.383 e. The van der Waals surface area contributed by atoms with Gasteiger partial charge < -0.3 is 10.1 Å². The summed E-state index contributed by atoms with van der Waals surface area (Å²) in [6.07, 6.45) is 7.38. The van der Waals surface area contributed by atoms with Crippen molar-refractivity contribution in [2.75, 3.05) is 20.3 Å². The van der Waals surface area contributed by atoms with Crippen LogP contribution in [-0.2, 0) is 4.74 Å². The second-order valence-corrected chi connectivity index (χ2v) is 3.79. The van der Waals surface area contributed by atoms with Crippen molar-refractivity contribution >= 4 is 0 Å². The van der Waals surface area contributed by atoms with Crippen LogP contribution in [0.15, 0.2) is 12.2 Å². The average Bonchev–Trinajstić information content (AvgIpc) is 2.41. The largest absolute Gasteiger partial charge is 0.383 e. The zero-order valence-electron chi connectivity index (χ0n) is 7.62. The van der Waals surface area contributed by atoms with Gasteiger partial charge in [-0.05, 0) is 24.7 Å². The first-order chi connectivity index (χ1) is 5.92. The highest BCUT2D eigenvalue weighted by molar-refractivity contribution is 5.12. The summed E-state index contributed by atoms with van der Waals surface area (Å²) in [6.45, 7) is 1.83. The van der Waals surface area contributed by atoms with Crippen LogP contribution < -0.4 is 5.32 Å². The third kappa shape index (κ3) is 1.41. The molecule has 0 heterocycles. The maximum absolute atomic E-state index is 4.99. The van der Waals surface area contributed by atoms with Crippen molar-refractivity contribution in [2.45, 2.75) is 18.9 Å². The molecule has 1 fully saturated rings. The Labute approximate surface area is 74.0 Å². The van der Waals surface area contributed by atoms with Crippen LogP contribution >= 0.6 is 0 Å². The molecule has 68 valence electrons. The molecule has 1 saturated carbocycles. The first-order valence-electron chi connectivity index (χ1n) is 4.81. The summed E-state index contributed by atoms with van der Waals surface area (Å²) in [6, 6.07) is 0.740. The van der Waals surface area contributed by atoms with Crippen LogP contribution in [0.2, 0.25) is 0 Å². The van der Waals surface area contributed by atoms with Gasteiger partial charge in [0.15, 0.2) is 0 Å². The standard InChI is InChI=1S/C10H17NO/c1-12-6-5-11-10-7-8-3-2-4-9(8)10/h2,4,8-11H,3,5-7H2,1H3. The maximum Gasteiger partial charge on any atom is 0.0587 e. The van der Waals surface area contributed by atoms with E-state index in [1.807, 2.05) is 0 Å². The maximum atomic E-state index is 4.99. The fourth-order valence-electron chi connectivity index (χ4n) is 2.29. The lowest BCUT2D eigenvalue weighted by molar-refractivity contribution is 0.140. The molecule has 12 heavy (non-hydrogen) atoms. The normalized spacial score (nSPS) is 37.9. The van der Waals surface area contributed by atoms with Crippen molar-refractivity contribution in [2.24, 2.45) is 11.8 Å². The Balaban J connectivity index is 1.67. The van der Waals surface area contributed by atoms with Gasteiger partial charge in [-0.1, -0.05) is 12.2 Å². The fraction of sp³-hybridized carbons (Fsp3) is 0.800. The molecule has 0 aliphatic heterocycles. The predicted molar refractivity (Wildman–Crippen MR) is 49.0 cm³/mol. The number of fused-ring (bicyclic) bond motifs is 1. The minimum atomic E-state index is 0.740. The molecule has 1 N–H and O–H groups in total. The van der Waals surface area contributed by atoms with E-state index in [2.05, 4.69) is 17.5 Å². The van der Waals surface area contributed by atoms with E-state index in [1.165, 1.54) is 12.8 Å². The average molecular weight is 167 g/mol. The van der Waals surface area contributed by atoms with Crippen LogP contribution in [0.3, 0.4) is 0 Å². The molecule has 0 aromatic heterocycles. The van der Waals surface area contributed by atoms with Gasteiger partial charge >= 0.3 is 0 Å². The van der Waals surface area contributed by atoms with Crippen molar-refractivity contribution in [3.63, 3.8) is 0 Å². The van der Waals surface area contributed by atoms with Gasteiger partial charge in [-0.2, -0.15) is 0 Å². The van der Waals surface area contributed by atoms with Gasteiger partial charge in [0.1, 0.15) is 0 Å². The fourth-order valence-corrected chi connectivity index (χ4v) is 2.29. The Morgan fingerprint density at radius 3 is 3.25 bits per heavy atom. The summed E-state index contributed by atoms with van der Waals surface area (Å²) < 4.78 is 4.99. The molecule has 0 radical (unpaired) electrons. The Kier molecular flexibility index (Phi) is 2.47. The van der Waals surface area contributed by atoms with E-state index >= 15 is 0 Å². The first kappa shape index (κ1) is 8.27. The quantitative estimate of drug-likeness (QED) is 0.501. The smallest absolute Gasteiger partial charge is 0.0587 e. The Morgan fingerprint density at radius 1 is 1.58 bits per heavy atom. The van der Waals surface area contributed by atoms with E-state index in [4.69, 9.17) is 4.74 Å². The highest BCUT2D eigenvalue weighted by Gasteiger charge is 2.40. The van der Waals surface area contributed by atoms with Gasteiger partial charge in [-0.15, -0.1) is 0 Å². The number of rotatable bonds is 4. The molecule has 2 rings (SSSR count). The molecule has 2 aliphatic carbocycles. The van der Waals surface area contributed by atoms with E-state index in [0.29, 0.717) is 0 Å². The van der Waals surface area contributed by atoms with Gasteiger partial charge in [0, 0.05) is 19.7 Å². The van der Waals surface area contributed by atoms with Gasteiger partial charge in [0.2, 0.25) is 0 Å². The molecule has 3 atom stereocenters. The molecule has 0 saturated heterocycles. The molecular weight excluding hydrogens is 150 g/mol. The summed E-state index contributed by atoms with van der Waals surface area (Å²) in [5, 5.41) is 3.52. The third-order valence-corrected chi connectivity index (χ3v) is 3.08. The van der Waals surface area contributed by atoms with E-state index < -0.39 is 0 Å². The second kappa shape index (κ2) is 3.58. The van der Waals surface area contributed by atoms with Crippen molar-refractivity contribution in [3.8, 4) is 0 Å². The summed E-state index contributed by atoms with van der Waals surface area (Å²) in [5.74, 6) is 1.80. The highest BCUT2D eigenvalue weighted by Crippen LogP contribution is 2.42. The molecule has 2 nitrogen and oxygen atoms in total. The SMILES string of the molecule is COCCNC1CC2CC=CC21. The molecule has 0 spiro atoms. The first-order valence-corrected chi connectivity index (χ1v) is 4.81. The second-order valence-electron chi connectivity index (χ2n) is 3.79. The number of hydrogen-bond donors (Lipinski definition) is 1. The zero-order valence-corrected chi connectivity index (χ0v) is 7.62. The Morgan fingerprint density at radius 2 is 2.50 bits per heavy atom. The minimum absolute atomic E-state index is 0.740. The number of allylic oxidation sites excluding steroid dienone is 1. The topological polar surface area (TPSA) is 21.3 Å². The molecule has 2 heteroatoms. The third-order valence-electron chi connectivity index (χ3n) is 3.08. The van der Waals surface area contributed by atoms with Crippen LogP contribution in [0.25, 0.3) is 0 Å². The van der Waals surface area contributed by atoms with Crippen molar-refractivity contribution in [1.29, 1.82) is 0 Å². The number of nitrogens with one attached hydrogen (secondary N) is 1. The van der Waals surface area contributed by atoms with Crippen LogP contribution in [0.4, 0.5) is 0 Å². The van der Waals surface area contributed by atoms with Crippen molar-refractivity contribution in [1.82, 2.24) is 5.32 Å². The van der Waals surface area contributed by atoms with E-state index in [0.717, 1.165) is 31.0 Å². The number of methoxy groups -OCH3 is 1. The van der Waals surface area contributed by atoms with E-state index in [9.17, 15) is 0 Å². The summed E-state index contributed by atoms with van der Waals surface area (Å²) >= 11 is 0. The van der Waals surface area contributed by atoms with Crippen LogP contribution in [0.5, 0.6) is 0 Å². The van der Waals surface area contributed by atoms with E-state index in [1.54, 1.807) is 7.11 Å². The monoisotopic (exact) mass is 167 g/mol. The van der Waals surface area contributed by atoms with Crippen LogP contribution in [-0.4, -0.2) is 26.3 Å². The Bertz CT molecular complexity index is 179. The van der Waals surface area contributed by atoms with Gasteiger partial charge in [0.05, 0.1) is 6.61 Å². The molecular formula is C10H17NO. The molecule has 0 aromatic carbocycles. The predicted octanol–water partition coefficient (Wildman–Crippen LogP) is 1.19. The molecule has 0 bridgehead atoms. The van der Waals surface area contributed by atoms with Crippen LogP contribution in [0, 0.1) is 11.8 Å². The highest BCUT2D eigenvalue weighted by atomic mass is 16.5. The summed E-state index contributed by atoms with van der Waals surface area (Å²) in [7, 11) is 1.75. The van der Waals surface area contributed by atoms with Crippen molar-refractivity contribution in [3.05, 3.63) is 12.2 Å². The van der Waals surface area contributed by atoms with Gasteiger partial charge in [-0.3, -0.25) is 0 Å². The number of hydrogen-bond acceptors (Lipinski definition) is 2. The molecule has 2 aliphatic rings. The summed E-state index contributed by atoms with van der Waals surface area (Å²) in [4.78, 5) is 0. The van der Waals surface area contributed by atoms with Crippen molar-refractivity contribution < 1.29 is 4.74 Å². The lowest BCUT2D eigenvalue weighted by Crippen LogP contribution is -2.48. The number of ether oxygens (including phenoxy) is 1. The lowest BCUT2D eigenvalue weighted by atomic mass is 9.71. The zero-order chi connectivity index (χ0) is 8.39. The molecule has 0 aromatic rings.